The Labute approximate surface area is 190 Å². The van der Waals surface area contributed by atoms with Crippen LogP contribution in [0.25, 0.3) is 22.3 Å². The van der Waals surface area contributed by atoms with E-state index in [1.54, 1.807) is 38.1 Å². The molecule has 0 spiro atoms. The Morgan fingerprint density at radius 2 is 1.85 bits per heavy atom. The second-order valence-electron chi connectivity index (χ2n) is 8.46. The molecule has 1 atom stereocenters. The summed E-state index contributed by atoms with van der Waals surface area (Å²) in [5.74, 6) is -1.24. The number of fused-ring (bicyclic) bond motifs is 1. The number of para-hydroxylation sites is 1. The highest BCUT2D eigenvalue weighted by atomic mass is 32.2. The van der Waals surface area contributed by atoms with Crippen LogP contribution in [0.5, 0.6) is 0 Å². The minimum Gasteiger partial charge on any atom is -0.455 e. The number of hydrogen-bond donors (Lipinski definition) is 1. The van der Waals surface area contributed by atoms with Gasteiger partial charge in [-0.1, -0.05) is 36.4 Å². The lowest BCUT2D eigenvalue weighted by atomic mass is 10.0. The molecule has 172 valence electrons. The highest BCUT2D eigenvalue weighted by Gasteiger charge is 2.39. The lowest BCUT2D eigenvalue weighted by Gasteiger charge is -2.23. The van der Waals surface area contributed by atoms with Crippen molar-refractivity contribution in [2.45, 2.75) is 25.8 Å². The van der Waals surface area contributed by atoms with Crippen LogP contribution in [0, 0.1) is 6.92 Å². The summed E-state index contributed by atoms with van der Waals surface area (Å²) in [5.41, 5.74) is 0.0411. The molecule has 1 unspecified atom stereocenters. The first-order chi connectivity index (χ1) is 15.6. The summed E-state index contributed by atoms with van der Waals surface area (Å²) in [5, 5.41) is 2.86. The zero-order valence-electron chi connectivity index (χ0n) is 18.2. The fourth-order valence-corrected chi connectivity index (χ4v) is 6.12. The fourth-order valence-electron chi connectivity index (χ4n) is 4.03. The highest BCUT2D eigenvalue weighted by molar-refractivity contribution is 7.91. The summed E-state index contributed by atoms with van der Waals surface area (Å²) in [6.45, 7) is 2.71. The molecule has 1 aliphatic heterocycles. The molecule has 0 radical (unpaired) electrons. The van der Waals surface area contributed by atoms with Crippen molar-refractivity contribution < 1.29 is 27.2 Å². The fraction of sp³-hybridized carbons (Fsp3) is 0.292. The lowest BCUT2D eigenvalue weighted by molar-refractivity contribution is -0.125. The normalized spacial score (nSPS) is 19.3. The predicted molar refractivity (Wildman–Crippen MR) is 123 cm³/mol. The molecule has 2 aromatic carbocycles. The van der Waals surface area contributed by atoms with E-state index in [1.165, 1.54) is 6.07 Å². The van der Waals surface area contributed by atoms with Gasteiger partial charge in [0.1, 0.15) is 11.3 Å². The third kappa shape index (κ3) is 4.68. The van der Waals surface area contributed by atoms with E-state index in [2.05, 4.69) is 5.32 Å². The van der Waals surface area contributed by atoms with Gasteiger partial charge in [0.05, 0.1) is 22.4 Å². The molecular weight excluding hydrogens is 446 g/mol. The monoisotopic (exact) mass is 469 g/mol. The number of carbonyl (C=O) groups is 2. The molecule has 8 nitrogen and oxygen atoms in total. The van der Waals surface area contributed by atoms with E-state index in [4.69, 9.17) is 9.15 Å². The molecule has 0 aliphatic carbocycles. The maximum absolute atomic E-state index is 12.9. The lowest BCUT2D eigenvalue weighted by Crippen LogP contribution is -2.48. The van der Waals surface area contributed by atoms with Crippen molar-refractivity contribution in [3.63, 3.8) is 0 Å². The molecule has 9 heteroatoms. The summed E-state index contributed by atoms with van der Waals surface area (Å²) < 4.78 is 34.6. The molecule has 2 heterocycles. The van der Waals surface area contributed by atoms with Crippen molar-refractivity contribution in [3.8, 4) is 11.3 Å². The second kappa shape index (κ2) is 8.47. The van der Waals surface area contributed by atoms with Crippen molar-refractivity contribution in [2.75, 3.05) is 18.1 Å². The van der Waals surface area contributed by atoms with Crippen LogP contribution in [0.2, 0.25) is 0 Å². The molecule has 0 saturated carbocycles. The number of sulfone groups is 1. The van der Waals surface area contributed by atoms with Crippen molar-refractivity contribution in [2.24, 2.45) is 0 Å². The van der Waals surface area contributed by atoms with Gasteiger partial charge in [0.15, 0.2) is 27.5 Å². The van der Waals surface area contributed by atoms with Gasteiger partial charge in [0.25, 0.3) is 5.91 Å². The van der Waals surface area contributed by atoms with Gasteiger partial charge in [-0.3, -0.25) is 9.59 Å². The van der Waals surface area contributed by atoms with Crippen molar-refractivity contribution in [1.29, 1.82) is 0 Å². The molecule has 4 rings (SSSR count). The first-order valence-corrected chi connectivity index (χ1v) is 12.2. The first kappa shape index (κ1) is 22.7. The van der Waals surface area contributed by atoms with Crippen LogP contribution in [0.1, 0.15) is 29.3 Å². The number of ether oxygens (including phenoxy) is 1. The van der Waals surface area contributed by atoms with E-state index in [0.717, 1.165) is 0 Å². The van der Waals surface area contributed by atoms with Crippen molar-refractivity contribution >= 4 is 32.7 Å². The quantitative estimate of drug-likeness (QED) is 0.571. The van der Waals surface area contributed by atoms with Crippen LogP contribution >= 0.6 is 0 Å². The Morgan fingerprint density at radius 1 is 1.12 bits per heavy atom. The van der Waals surface area contributed by atoms with E-state index in [1.807, 2.05) is 18.2 Å². The molecule has 1 N–H and O–H groups in total. The van der Waals surface area contributed by atoms with E-state index in [-0.39, 0.29) is 33.5 Å². The minimum absolute atomic E-state index is 0.00176. The summed E-state index contributed by atoms with van der Waals surface area (Å²) >= 11 is 0. The van der Waals surface area contributed by atoms with Gasteiger partial charge in [-0.05, 0) is 32.4 Å². The largest absolute Gasteiger partial charge is 0.455 e. The van der Waals surface area contributed by atoms with E-state index in [0.29, 0.717) is 23.3 Å². The molecule has 1 fully saturated rings. The molecular formula is C24H23NO7S. The van der Waals surface area contributed by atoms with Gasteiger partial charge < -0.3 is 14.5 Å². The average molecular weight is 470 g/mol. The number of benzene rings is 2. The summed E-state index contributed by atoms with van der Waals surface area (Å²) in [7, 11) is -3.20. The van der Waals surface area contributed by atoms with E-state index >= 15 is 0 Å². The molecule has 0 bridgehead atoms. The van der Waals surface area contributed by atoms with Crippen LogP contribution < -0.4 is 10.7 Å². The number of amides is 1. The Bertz CT molecular complexity index is 1410. The Morgan fingerprint density at radius 3 is 2.52 bits per heavy atom. The van der Waals surface area contributed by atoms with Gasteiger partial charge in [-0.15, -0.1) is 0 Å². The topological polar surface area (TPSA) is 120 Å². The zero-order valence-corrected chi connectivity index (χ0v) is 19.0. The summed E-state index contributed by atoms with van der Waals surface area (Å²) in [4.78, 5) is 38.0. The van der Waals surface area contributed by atoms with E-state index in [9.17, 15) is 22.8 Å². The summed E-state index contributed by atoms with van der Waals surface area (Å²) in [6, 6.07) is 13.6. The van der Waals surface area contributed by atoms with Gasteiger partial charge in [-0.2, -0.15) is 0 Å². The van der Waals surface area contributed by atoms with E-state index < -0.39 is 33.9 Å². The summed E-state index contributed by atoms with van der Waals surface area (Å²) in [6.07, 6.45) is 0.297. The van der Waals surface area contributed by atoms with Crippen LogP contribution in [0.15, 0.2) is 57.7 Å². The van der Waals surface area contributed by atoms with Gasteiger partial charge in [-0.25, -0.2) is 13.2 Å². The number of nitrogens with one attached hydrogen (secondary N) is 1. The van der Waals surface area contributed by atoms with Gasteiger partial charge in [0, 0.05) is 11.1 Å². The van der Waals surface area contributed by atoms with Crippen LogP contribution in [-0.2, 0) is 19.4 Å². The number of esters is 1. The Balaban J connectivity index is 1.58. The van der Waals surface area contributed by atoms with Crippen LogP contribution in [0.3, 0.4) is 0 Å². The Hall–Kier alpha value is -3.46. The zero-order chi connectivity index (χ0) is 23.8. The van der Waals surface area contributed by atoms with Crippen molar-refractivity contribution in [3.05, 3.63) is 69.9 Å². The smallest absolute Gasteiger partial charge is 0.342 e. The van der Waals surface area contributed by atoms with Crippen LogP contribution in [0.4, 0.5) is 0 Å². The number of rotatable bonds is 5. The van der Waals surface area contributed by atoms with Crippen LogP contribution in [-0.4, -0.2) is 43.9 Å². The third-order valence-electron chi connectivity index (χ3n) is 5.68. The average Bonchev–Trinajstić information content (AvgIpc) is 3.06. The SMILES string of the molecule is Cc1c(-c2ccccc2)oc2c(C(=O)OCC(=O)NC3(C)CCS(=O)(=O)C3)cccc2c1=O. The van der Waals surface area contributed by atoms with Crippen molar-refractivity contribution in [1.82, 2.24) is 5.32 Å². The maximum atomic E-state index is 12.9. The molecule has 1 aliphatic rings. The molecule has 1 saturated heterocycles. The predicted octanol–water partition coefficient (Wildman–Crippen LogP) is 2.62. The standard InChI is InChI=1S/C24H23NO7S/c1-15-20(27)17-9-6-10-18(22(17)32-21(15)16-7-4-3-5-8-16)23(28)31-13-19(26)25-24(2)11-12-33(29,30)14-24/h3-10H,11-14H2,1-2H3,(H,25,26). The number of carbonyl (C=O) groups excluding carboxylic acids is 2. The van der Waals surface area contributed by atoms with Gasteiger partial charge in [0.2, 0.25) is 0 Å². The molecule has 3 aromatic rings. The third-order valence-corrected chi connectivity index (χ3v) is 7.58. The maximum Gasteiger partial charge on any atom is 0.342 e. The minimum atomic E-state index is -3.20. The Kier molecular flexibility index (Phi) is 5.84. The number of hydrogen-bond acceptors (Lipinski definition) is 7. The second-order valence-corrected chi connectivity index (χ2v) is 10.6. The molecule has 1 amide bonds. The van der Waals surface area contributed by atoms with Gasteiger partial charge >= 0.3 is 5.97 Å². The molecule has 33 heavy (non-hydrogen) atoms. The molecule has 1 aromatic heterocycles. The highest BCUT2D eigenvalue weighted by Crippen LogP contribution is 2.27. The first-order valence-electron chi connectivity index (χ1n) is 10.4.